The van der Waals surface area contributed by atoms with Crippen LogP contribution in [-0.4, -0.2) is 48.1 Å². The van der Waals surface area contributed by atoms with E-state index in [1.165, 1.54) is 4.88 Å². The molecule has 1 atom stereocenters. The number of aryl methyl sites for hydroxylation is 1. The lowest BCUT2D eigenvalue weighted by molar-refractivity contribution is 0.648. The van der Waals surface area contributed by atoms with E-state index >= 15 is 0 Å². The molecule has 2 aromatic heterocycles. The summed E-state index contributed by atoms with van der Waals surface area (Å²) < 4.78 is 0. The van der Waals surface area contributed by atoms with Gasteiger partial charge in [-0.05, 0) is 31.9 Å². The molecule has 9 heteroatoms. The number of thiazole rings is 1. The van der Waals surface area contributed by atoms with Crippen LogP contribution in [0.25, 0.3) is 0 Å². The van der Waals surface area contributed by atoms with E-state index in [1.807, 2.05) is 18.3 Å². The Balaban J connectivity index is 0.00000280. The number of hydrogen-bond acceptors (Lipinski definition) is 5. The second kappa shape index (κ2) is 11.8. The molecule has 0 bridgehead atoms. The highest BCUT2D eigenvalue weighted by Crippen LogP contribution is 2.25. The second-order valence-corrected chi connectivity index (χ2v) is 8.08. The molecule has 28 heavy (non-hydrogen) atoms. The van der Waals surface area contributed by atoms with Gasteiger partial charge in [-0.15, -0.1) is 35.3 Å². The first-order valence-corrected chi connectivity index (χ1v) is 10.7. The summed E-state index contributed by atoms with van der Waals surface area (Å²) in [6.45, 7) is 7.62. The highest BCUT2D eigenvalue weighted by molar-refractivity contribution is 14.0. The van der Waals surface area contributed by atoms with Crippen molar-refractivity contribution in [2.45, 2.75) is 39.2 Å². The van der Waals surface area contributed by atoms with Crippen molar-refractivity contribution < 1.29 is 0 Å². The fourth-order valence-corrected chi connectivity index (χ4v) is 4.18. The summed E-state index contributed by atoms with van der Waals surface area (Å²) in [7, 11) is 0. The zero-order valence-corrected chi connectivity index (χ0v) is 20.2. The van der Waals surface area contributed by atoms with Crippen LogP contribution in [0.2, 0.25) is 5.02 Å². The first-order valence-electron chi connectivity index (χ1n) is 9.53. The molecule has 1 aliphatic heterocycles. The predicted molar refractivity (Wildman–Crippen MR) is 130 cm³/mol. The van der Waals surface area contributed by atoms with Crippen LogP contribution in [-0.2, 0) is 12.8 Å². The summed E-state index contributed by atoms with van der Waals surface area (Å²) in [6, 6.07) is 4.07. The Morgan fingerprint density at radius 1 is 1.39 bits per heavy atom. The molecule has 0 amide bonds. The van der Waals surface area contributed by atoms with Crippen molar-refractivity contribution in [1.29, 1.82) is 0 Å². The topological polar surface area (TPSA) is 65.4 Å². The molecule has 2 N–H and O–H groups in total. The molecule has 0 aliphatic carbocycles. The van der Waals surface area contributed by atoms with Gasteiger partial charge in [-0.25, -0.2) is 9.97 Å². The Labute approximate surface area is 193 Å². The van der Waals surface area contributed by atoms with Gasteiger partial charge < -0.3 is 15.5 Å². The van der Waals surface area contributed by atoms with Crippen LogP contribution in [0.5, 0.6) is 0 Å². The Kier molecular flexibility index (Phi) is 9.73. The Morgan fingerprint density at radius 3 is 2.96 bits per heavy atom. The number of hydrogen-bond donors (Lipinski definition) is 2. The molecular weight excluding hydrogens is 507 g/mol. The lowest BCUT2D eigenvalue weighted by Gasteiger charge is -2.20. The molecule has 0 spiro atoms. The summed E-state index contributed by atoms with van der Waals surface area (Å²) in [5, 5.41) is 8.75. The van der Waals surface area contributed by atoms with E-state index in [4.69, 9.17) is 16.6 Å². The minimum Gasteiger partial charge on any atom is -0.357 e. The fourth-order valence-electron chi connectivity index (χ4n) is 3.08. The highest BCUT2D eigenvalue weighted by Gasteiger charge is 2.25. The first kappa shape index (κ1) is 23.2. The Morgan fingerprint density at radius 2 is 2.25 bits per heavy atom. The van der Waals surface area contributed by atoms with Gasteiger partial charge in [-0.1, -0.05) is 18.5 Å². The smallest absolute Gasteiger partial charge is 0.191 e. The lowest BCUT2D eigenvalue weighted by Crippen LogP contribution is -2.44. The molecule has 1 saturated heterocycles. The number of aliphatic imine (C=N–C) groups is 1. The molecule has 6 nitrogen and oxygen atoms in total. The van der Waals surface area contributed by atoms with Gasteiger partial charge in [0.2, 0.25) is 0 Å². The fraction of sp³-hybridized carbons (Fsp3) is 0.526. The normalized spacial score (nSPS) is 16.8. The number of anilines is 1. The average molecular weight is 535 g/mol. The SMILES string of the molecule is CCNC(=NCCc1ncc(CC)s1)NC1CCN(c2ncccc2Cl)C1.I. The van der Waals surface area contributed by atoms with Crippen molar-refractivity contribution in [2.75, 3.05) is 31.1 Å². The summed E-state index contributed by atoms with van der Waals surface area (Å²) in [5.41, 5.74) is 0. The zero-order valence-electron chi connectivity index (χ0n) is 16.3. The second-order valence-electron chi connectivity index (χ2n) is 6.47. The maximum Gasteiger partial charge on any atom is 0.191 e. The molecule has 0 saturated carbocycles. The maximum absolute atomic E-state index is 6.28. The van der Waals surface area contributed by atoms with Crippen LogP contribution < -0.4 is 15.5 Å². The van der Waals surface area contributed by atoms with Gasteiger partial charge in [0.1, 0.15) is 5.82 Å². The van der Waals surface area contributed by atoms with Crippen molar-refractivity contribution in [1.82, 2.24) is 20.6 Å². The molecule has 3 heterocycles. The van der Waals surface area contributed by atoms with Crippen LogP contribution >= 0.6 is 46.9 Å². The average Bonchev–Trinajstić information content (AvgIpc) is 3.32. The van der Waals surface area contributed by atoms with Crippen LogP contribution in [0.1, 0.15) is 30.2 Å². The molecule has 3 rings (SSSR count). The maximum atomic E-state index is 6.28. The summed E-state index contributed by atoms with van der Waals surface area (Å²) in [6.07, 6.45) is 6.72. The van der Waals surface area contributed by atoms with Gasteiger partial charge in [0.05, 0.1) is 10.0 Å². The molecule has 1 aliphatic rings. The molecule has 2 aromatic rings. The molecule has 0 aromatic carbocycles. The van der Waals surface area contributed by atoms with Crippen LogP contribution in [0.3, 0.4) is 0 Å². The van der Waals surface area contributed by atoms with Crippen molar-refractivity contribution in [3.05, 3.63) is 39.4 Å². The van der Waals surface area contributed by atoms with E-state index in [1.54, 1.807) is 17.5 Å². The molecule has 1 unspecified atom stereocenters. The van der Waals surface area contributed by atoms with Crippen LogP contribution in [0, 0.1) is 0 Å². The third-order valence-corrected chi connectivity index (χ3v) is 5.95. The van der Waals surface area contributed by atoms with E-state index in [-0.39, 0.29) is 24.0 Å². The lowest BCUT2D eigenvalue weighted by atomic mass is 10.3. The summed E-state index contributed by atoms with van der Waals surface area (Å²) in [5.74, 6) is 1.73. The number of halogens is 2. The first-order chi connectivity index (χ1) is 13.2. The van der Waals surface area contributed by atoms with E-state index in [9.17, 15) is 0 Å². The van der Waals surface area contributed by atoms with Crippen molar-refractivity contribution in [2.24, 2.45) is 4.99 Å². The third-order valence-electron chi connectivity index (χ3n) is 4.46. The number of nitrogens with one attached hydrogen (secondary N) is 2. The molecule has 154 valence electrons. The zero-order chi connectivity index (χ0) is 19.1. The Bertz CT molecular complexity index is 768. The van der Waals surface area contributed by atoms with E-state index < -0.39 is 0 Å². The third kappa shape index (κ3) is 6.45. The van der Waals surface area contributed by atoms with Crippen molar-refractivity contribution in [3.8, 4) is 0 Å². The van der Waals surface area contributed by atoms with Gasteiger partial charge >= 0.3 is 0 Å². The Hall–Kier alpha value is -1.13. The number of nitrogens with zero attached hydrogens (tertiary/aromatic N) is 4. The quantitative estimate of drug-likeness (QED) is 0.322. The predicted octanol–water partition coefficient (Wildman–Crippen LogP) is 3.75. The molecular formula is C19H28ClIN6S. The number of aromatic nitrogens is 2. The monoisotopic (exact) mass is 534 g/mol. The van der Waals surface area contributed by atoms with Crippen molar-refractivity contribution >= 4 is 58.7 Å². The number of guanidine groups is 1. The molecule has 0 radical (unpaired) electrons. The van der Waals surface area contributed by atoms with Gasteiger partial charge in [0.25, 0.3) is 0 Å². The highest BCUT2D eigenvalue weighted by atomic mass is 127. The number of pyridine rings is 1. The van der Waals surface area contributed by atoms with Crippen LogP contribution in [0.4, 0.5) is 5.82 Å². The van der Waals surface area contributed by atoms with E-state index in [0.29, 0.717) is 11.1 Å². The standard InChI is InChI=1S/C19H27ClN6S.HI/c1-3-15-12-24-17(27-15)7-10-23-19(21-4-2)25-14-8-11-26(13-14)18-16(20)6-5-9-22-18;/h5-6,9,12,14H,3-4,7-8,10-11,13H2,1-2H3,(H2,21,23,25);1H. The largest absolute Gasteiger partial charge is 0.357 e. The van der Waals surface area contributed by atoms with Crippen molar-refractivity contribution in [3.63, 3.8) is 0 Å². The minimum atomic E-state index is 0. The van der Waals surface area contributed by atoms with Gasteiger partial charge in [-0.3, -0.25) is 4.99 Å². The summed E-state index contributed by atoms with van der Waals surface area (Å²) in [4.78, 5) is 17.2. The summed E-state index contributed by atoms with van der Waals surface area (Å²) >= 11 is 8.06. The molecule has 1 fully saturated rings. The number of rotatable bonds is 7. The van der Waals surface area contributed by atoms with Gasteiger partial charge in [0.15, 0.2) is 5.96 Å². The van der Waals surface area contributed by atoms with Gasteiger partial charge in [0, 0.05) is 55.9 Å². The van der Waals surface area contributed by atoms with Crippen LogP contribution in [0.15, 0.2) is 29.5 Å². The van der Waals surface area contributed by atoms with E-state index in [2.05, 4.69) is 39.3 Å². The van der Waals surface area contributed by atoms with E-state index in [0.717, 1.165) is 62.2 Å². The van der Waals surface area contributed by atoms with Gasteiger partial charge in [-0.2, -0.15) is 0 Å². The minimum absolute atomic E-state index is 0.